The van der Waals surface area contributed by atoms with E-state index in [0.717, 1.165) is 31.1 Å². The lowest BCUT2D eigenvalue weighted by Crippen LogP contribution is -2.51. The Morgan fingerprint density at radius 1 is 1.15 bits per heavy atom. The van der Waals surface area contributed by atoms with E-state index in [-0.39, 0.29) is 0 Å². The van der Waals surface area contributed by atoms with Crippen LogP contribution in [0.1, 0.15) is 12.0 Å². The van der Waals surface area contributed by atoms with Gasteiger partial charge in [-0.25, -0.2) is 0 Å². The van der Waals surface area contributed by atoms with Gasteiger partial charge in [0.05, 0.1) is 33.5 Å². The number of nitrogens with zero attached hydrogens (tertiary/aromatic N) is 1. The summed E-state index contributed by atoms with van der Waals surface area (Å²) in [7, 11) is 5.51. The van der Waals surface area contributed by atoms with Crippen LogP contribution in [0.25, 0.3) is 5.57 Å². The highest BCUT2D eigenvalue weighted by atomic mass is 16.5. The van der Waals surface area contributed by atoms with Crippen LogP contribution < -0.4 is 9.47 Å². The molecule has 108 valence electrons. The van der Waals surface area contributed by atoms with Gasteiger partial charge in [-0.2, -0.15) is 0 Å². The van der Waals surface area contributed by atoms with Gasteiger partial charge in [0, 0.05) is 6.04 Å². The Morgan fingerprint density at radius 3 is 2.65 bits per heavy atom. The zero-order valence-corrected chi connectivity index (χ0v) is 12.3. The molecule has 4 nitrogen and oxygen atoms in total. The fourth-order valence-corrected chi connectivity index (χ4v) is 3.00. The molecule has 4 heteroatoms. The minimum absolute atomic E-state index is 0.380. The fraction of sp³-hybridized carbons (Fsp3) is 0.500. The van der Waals surface area contributed by atoms with Crippen LogP contribution in [-0.4, -0.2) is 51.5 Å². The molecule has 0 amide bonds. The maximum absolute atomic E-state index is 5.64. The number of rotatable bonds is 3. The Kier molecular flexibility index (Phi) is 3.68. The zero-order chi connectivity index (χ0) is 14.1. The van der Waals surface area contributed by atoms with Crippen molar-refractivity contribution in [3.8, 4) is 11.5 Å². The first-order valence-electron chi connectivity index (χ1n) is 6.95. The highest BCUT2D eigenvalue weighted by molar-refractivity contribution is 5.70. The summed E-state index contributed by atoms with van der Waals surface area (Å²) in [5, 5.41) is 0. The average Bonchev–Trinajstić information content (AvgIpc) is 2.46. The van der Waals surface area contributed by atoms with Gasteiger partial charge in [-0.05, 0) is 36.7 Å². The van der Waals surface area contributed by atoms with Crippen molar-refractivity contribution in [2.45, 2.75) is 18.5 Å². The van der Waals surface area contributed by atoms with Crippen molar-refractivity contribution >= 4 is 5.57 Å². The SMILES string of the molecule is COc1ccc(C2=CC3COCC(C2)N3C)cc1OC. The largest absolute Gasteiger partial charge is 0.493 e. The van der Waals surface area contributed by atoms with Gasteiger partial charge in [-0.15, -0.1) is 0 Å². The Hall–Kier alpha value is -1.52. The van der Waals surface area contributed by atoms with E-state index in [1.807, 2.05) is 6.07 Å². The molecule has 2 aliphatic rings. The molecular formula is C16H21NO3. The van der Waals surface area contributed by atoms with Crippen LogP contribution in [-0.2, 0) is 4.74 Å². The van der Waals surface area contributed by atoms with Crippen molar-refractivity contribution in [3.63, 3.8) is 0 Å². The predicted octanol–water partition coefficient (Wildman–Crippen LogP) is 2.19. The van der Waals surface area contributed by atoms with E-state index in [0.29, 0.717) is 12.1 Å². The lowest BCUT2D eigenvalue weighted by Gasteiger charge is -2.42. The molecule has 1 fully saturated rings. The second kappa shape index (κ2) is 5.46. The quantitative estimate of drug-likeness (QED) is 0.846. The number of hydrogen-bond donors (Lipinski definition) is 0. The molecule has 2 atom stereocenters. The van der Waals surface area contributed by atoms with Gasteiger partial charge in [0.15, 0.2) is 11.5 Å². The lowest BCUT2D eigenvalue weighted by molar-refractivity contribution is -0.0221. The van der Waals surface area contributed by atoms with E-state index in [1.54, 1.807) is 14.2 Å². The standard InChI is InChI=1S/C16H21NO3/c1-17-13-6-12(7-14(17)10-20-9-13)11-4-5-15(18-2)16(8-11)19-3/h4-6,8,13-14H,7,9-10H2,1-3H3. The molecule has 2 aliphatic heterocycles. The normalized spacial score (nSPS) is 26.1. The second-order valence-electron chi connectivity index (χ2n) is 5.39. The van der Waals surface area contributed by atoms with Gasteiger partial charge in [-0.1, -0.05) is 12.1 Å². The molecule has 2 heterocycles. The number of hydrogen-bond acceptors (Lipinski definition) is 4. The summed E-state index contributed by atoms with van der Waals surface area (Å²) in [6.07, 6.45) is 3.33. The molecule has 2 bridgehead atoms. The first-order chi connectivity index (χ1) is 9.72. The van der Waals surface area contributed by atoms with Crippen molar-refractivity contribution in [3.05, 3.63) is 29.8 Å². The summed E-state index contributed by atoms with van der Waals surface area (Å²) >= 11 is 0. The number of morpholine rings is 1. The third kappa shape index (κ3) is 2.30. The molecule has 1 aromatic rings. The van der Waals surface area contributed by atoms with Gasteiger partial charge in [0.1, 0.15) is 0 Å². The van der Waals surface area contributed by atoms with E-state index in [4.69, 9.17) is 14.2 Å². The maximum atomic E-state index is 5.64. The zero-order valence-electron chi connectivity index (χ0n) is 12.3. The van der Waals surface area contributed by atoms with Crippen molar-refractivity contribution in [2.75, 3.05) is 34.5 Å². The first kappa shape index (κ1) is 13.5. The van der Waals surface area contributed by atoms with Crippen LogP contribution in [0.4, 0.5) is 0 Å². The summed E-state index contributed by atoms with van der Waals surface area (Å²) in [6, 6.07) is 6.99. The molecule has 0 N–H and O–H groups in total. The summed E-state index contributed by atoms with van der Waals surface area (Å²) in [5.74, 6) is 1.56. The second-order valence-corrected chi connectivity index (χ2v) is 5.39. The van der Waals surface area contributed by atoms with E-state index in [2.05, 4.69) is 30.2 Å². The van der Waals surface area contributed by atoms with Crippen LogP contribution >= 0.6 is 0 Å². The predicted molar refractivity (Wildman–Crippen MR) is 78.3 cm³/mol. The first-order valence-corrected chi connectivity index (χ1v) is 6.95. The van der Waals surface area contributed by atoms with E-state index < -0.39 is 0 Å². The van der Waals surface area contributed by atoms with E-state index in [1.165, 1.54) is 11.1 Å². The number of methoxy groups -OCH3 is 2. The summed E-state index contributed by atoms with van der Waals surface area (Å²) in [5.41, 5.74) is 2.59. The van der Waals surface area contributed by atoms with Crippen molar-refractivity contribution < 1.29 is 14.2 Å². The molecule has 0 aromatic heterocycles. The summed E-state index contributed by atoms with van der Waals surface area (Å²) < 4.78 is 16.3. The van der Waals surface area contributed by atoms with Gasteiger partial charge >= 0.3 is 0 Å². The van der Waals surface area contributed by atoms with Gasteiger partial charge in [-0.3, -0.25) is 4.90 Å². The third-order valence-corrected chi connectivity index (χ3v) is 4.30. The number of ether oxygens (including phenoxy) is 3. The minimum atomic E-state index is 0.380. The lowest BCUT2D eigenvalue weighted by atomic mass is 9.90. The van der Waals surface area contributed by atoms with Crippen LogP contribution in [0.15, 0.2) is 24.3 Å². The fourth-order valence-electron chi connectivity index (χ4n) is 3.00. The number of benzene rings is 1. The molecule has 0 saturated carbocycles. The van der Waals surface area contributed by atoms with Crippen LogP contribution in [0.5, 0.6) is 11.5 Å². The Bertz CT molecular complexity index is 526. The molecule has 1 aromatic carbocycles. The number of fused-ring (bicyclic) bond motifs is 2. The average molecular weight is 275 g/mol. The minimum Gasteiger partial charge on any atom is -0.493 e. The number of likely N-dealkylation sites (N-methyl/N-ethyl adjacent to an activating group) is 1. The third-order valence-electron chi connectivity index (χ3n) is 4.30. The smallest absolute Gasteiger partial charge is 0.161 e. The summed E-state index contributed by atoms with van der Waals surface area (Å²) in [6.45, 7) is 1.60. The van der Waals surface area contributed by atoms with Gasteiger partial charge in [0.25, 0.3) is 0 Å². The highest BCUT2D eigenvalue weighted by Crippen LogP contribution is 2.35. The summed E-state index contributed by atoms with van der Waals surface area (Å²) in [4.78, 5) is 2.41. The Labute approximate surface area is 119 Å². The molecule has 2 unspecified atom stereocenters. The highest BCUT2D eigenvalue weighted by Gasteiger charge is 2.32. The monoisotopic (exact) mass is 275 g/mol. The molecule has 3 rings (SSSR count). The Balaban J connectivity index is 1.93. The molecular weight excluding hydrogens is 254 g/mol. The van der Waals surface area contributed by atoms with Crippen molar-refractivity contribution in [2.24, 2.45) is 0 Å². The van der Waals surface area contributed by atoms with E-state index in [9.17, 15) is 0 Å². The van der Waals surface area contributed by atoms with Crippen molar-refractivity contribution in [1.29, 1.82) is 0 Å². The molecule has 0 aliphatic carbocycles. The molecule has 1 saturated heterocycles. The van der Waals surface area contributed by atoms with Gasteiger partial charge < -0.3 is 14.2 Å². The van der Waals surface area contributed by atoms with Gasteiger partial charge in [0.2, 0.25) is 0 Å². The molecule has 0 spiro atoms. The van der Waals surface area contributed by atoms with Crippen LogP contribution in [0.3, 0.4) is 0 Å². The van der Waals surface area contributed by atoms with Crippen LogP contribution in [0, 0.1) is 0 Å². The van der Waals surface area contributed by atoms with Crippen molar-refractivity contribution in [1.82, 2.24) is 4.90 Å². The molecule has 20 heavy (non-hydrogen) atoms. The van der Waals surface area contributed by atoms with Crippen LogP contribution in [0.2, 0.25) is 0 Å². The topological polar surface area (TPSA) is 30.9 Å². The molecule has 0 radical (unpaired) electrons. The van der Waals surface area contributed by atoms with E-state index >= 15 is 0 Å². The maximum Gasteiger partial charge on any atom is 0.161 e. The Morgan fingerprint density at radius 2 is 1.95 bits per heavy atom.